The summed E-state index contributed by atoms with van der Waals surface area (Å²) >= 11 is 10.5. The van der Waals surface area contributed by atoms with Gasteiger partial charge in [-0.05, 0) is 12.2 Å². The highest BCUT2D eigenvalue weighted by Crippen LogP contribution is 2.04. The van der Waals surface area contributed by atoms with Gasteiger partial charge in [-0.1, -0.05) is 30.9 Å². The normalized spacial score (nSPS) is 9.50. The molecule has 0 radical (unpaired) electrons. The molecule has 0 atom stereocenters. The van der Waals surface area contributed by atoms with Crippen molar-refractivity contribution in [2.75, 3.05) is 11.5 Å². The van der Waals surface area contributed by atoms with Gasteiger partial charge in [-0.3, -0.25) is 4.79 Å². The second-order valence-corrected chi connectivity index (χ2v) is 4.33. The highest BCUT2D eigenvalue weighted by Gasteiger charge is 2.00. The summed E-state index contributed by atoms with van der Waals surface area (Å²) in [7, 11) is 0. The Labute approximate surface area is 88.3 Å². The van der Waals surface area contributed by atoms with Gasteiger partial charge in [0.1, 0.15) is 4.32 Å². The van der Waals surface area contributed by atoms with Crippen molar-refractivity contribution in [2.45, 2.75) is 19.8 Å². The topological polar surface area (TPSA) is 29.1 Å². The van der Waals surface area contributed by atoms with Crippen molar-refractivity contribution in [1.82, 2.24) is 5.32 Å². The maximum absolute atomic E-state index is 10.8. The van der Waals surface area contributed by atoms with E-state index in [1.807, 2.05) is 0 Å². The molecule has 0 aliphatic carbocycles. The molecule has 0 bridgehead atoms. The van der Waals surface area contributed by atoms with Gasteiger partial charge in [0, 0.05) is 12.2 Å². The molecular weight excluding hydrogens is 210 g/mol. The van der Waals surface area contributed by atoms with Crippen LogP contribution in [0.3, 0.4) is 0 Å². The van der Waals surface area contributed by atoms with Gasteiger partial charge in [-0.2, -0.15) is 12.6 Å². The minimum Gasteiger partial charge on any atom is -0.312 e. The summed E-state index contributed by atoms with van der Waals surface area (Å²) < 4.78 is 0.573. The van der Waals surface area contributed by atoms with E-state index in [0.29, 0.717) is 10.7 Å². The molecule has 0 aromatic heterocycles. The standard InChI is InChI=1S/C7H13NOS3/c1-2-6(9)8-7(11)12-5-3-4-10/h10H,2-5H2,1H3,(H,8,9,11). The van der Waals surface area contributed by atoms with Crippen LogP contribution in [0.15, 0.2) is 0 Å². The molecule has 0 fully saturated rings. The first-order chi connectivity index (χ1) is 5.70. The summed E-state index contributed by atoms with van der Waals surface area (Å²) in [5.74, 6) is 1.77. The van der Waals surface area contributed by atoms with Gasteiger partial charge in [0.05, 0.1) is 0 Å². The Bertz CT molecular complexity index is 161. The Kier molecular flexibility index (Phi) is 8.06. The van der Waals surface area contributed by atoms with E-state index in [1.165, 1.54) is 11.8 Å². The Balaban J connectivity index is 3.40. The van der Waals surface area contributed by atoms with E-state index in [0.717, 1.165) is 17.9 Å². The molecule has 0 saturated heterocycles. The smallest absolute Gasteiger partial charge is 0.225 e. The molecule has 0 spiro atoms. The number of thiol groups is 1. The number of carbonyl (C=O) groups excluding carboxylic acids is 1. The first-order valence-corrected chi connectivity index (χ1v) is 5.80. The third kappa shape index (κ3) is 6.94. The SMILES string of the molecule is CCC(=O)NC(=S)SCCCS. The number of thioether (sulfide) groups is 1. The van der Waals surface area contributed by atoms with Gasteiger partial charge >= 0.3 is 0 Å². The summed E-state index contributed by atoms with van der Waals surface area (Å²) in [5, 5.41) is 2.62. The average Bonchev–Trinajstić information content (AvgIpc) is 2.05. The minimum absolute atomic E-state index is 0.0154. The lowest BCUT2D eigenvalue weighted by molar-refractivity contribution is -0.119. The van der Waals surface area contributed by atoms with Crippen LogP contribution in [0.5, 0.6) is 0 Å². The summed E-state index contributed by atoms with van der Waals surface area (Å²) in [4.78, 5) is 10.8. The Morgan fingerprint density at radius 2 is 2.33 bits per heavy atom. The van der Waals surface area contributed by atoms with E-state index in [9.17, 15) is 4.79 Å². The first kappa shape index (κ1) is 12.3. The molecule has 5 heteroatoms. The van der Waals surface area contributed by atoms with E-state index in [1.54, 1.807) is 6.92 Å². The number of rotatable bonds is 4. The van der Waals surface area contributed by atoms with Crippen LogP contribution < -0.4 is 5.32 Å². The summed E-state index contributed by atoms with van der Waals surface area (Å²) in [6.07, 6.45) is 1.49. The molecule has 0 heterocycles. The lowest BCUT2D eigenvalue weighted by Crippen LogP contribution is -2.25. The molecule has 2 nitrogen and oxygen atoms in total. The van der Waals surface area contributed by atoms with Crippen LogP contribution in [0.2, 0.25) is 0 Å². The fourth-order valence-corrected chi connectivity index (χ4v) is 1.86. The summed E-state index contributed by atoms with van der Waals surface area (Å²) in [5.41, 5.74) is 0. The van der Waals surface area contributed by atoms with Gasteiger partial charge in [-0.25, -0.2) is 0 Å². The minimum atomic E-state index is -0.0154. The number of nitrogens with one attached hydrogen (secondary N) is 1. The fourth-order valence-electron chi connectivity index (χ4n) is 0.468. The van der Waals surface area contributed by atoms with Crippen LogP contribution in [0.1, 0.15) is 19.8 Å². The van der Waals surface area contributed by atoms with Gasteiger partial charge in [0.25, 0.3) is 0 Å². The quantitative estimate of drug-likeness (QED) is 0.433. The van der Waals surface area contributed by atoms with Crippen molar-refractivity contribution >= 4 is 46.8 Å². The number of hydrogen-bond donors (Lipinski definition) is 2. The van der Waals surface area contributed by atoms with E-state index in [4.69, 9.17) is 12.2 Å². The van der Waals surface area contributed by atoms with Gasteiger partial charge < -0.3 is 5.32 Å². The number of thiocarbonyl (C=S) groups is 1. The lowest BCUT2D eigenvalue weighted by Gasteiger charge is -2.03. The van der Waals surface area contributed by atoms with E-state index >= 15 is 0 Å². The molecule has 0 aliphatic rings. The number of carbonyl (C=O) groups is 1. The van der Waals surface area contributed by atoms with E-state index in [2.05, 4.69) is 17.9 Å². The molecule has 0 aromatic carbocycles. The van der Waals surface area contributed by atoms with Crippen molar-refractivity contribution < 1.29 is 4.79 Å². The lowest BCUT2D eigenvalue weighted by atomic mass is 10.5. The van der Waals surface area contributed by atoms with Gasteiger partial charge in [-0.15, -0.1) is 0 Å². The molecule has 0 saturated carbocycles. The molecule has 0 rings (SSSR count). The van der Waals surface area contributed by atoms with Crippen molar-refractivity contribution in [3.63, 3.8) is 0 Å². The largest absolute Gasteiger partial charge is 0.312 e. The van der Waals surface area contributed by atoms with Crippen molar-refractivity contribution in [1.29, 1.82) is 0 Å². The monoisotopic (exact) mass is 223 g/mol. The second-order valence-electron chi connectivity index (χ2n) is 2.11. The number of amides is 1. The van der Waals surface area contributed by atoms with Gasteiger partial charge in [0.15, 0.2) is 0 Å². The molecule has 12 heavy (non-hydrogen) atoms. The zero-order chi connectivity index (χ0) is 9.40. The third-order valence-corrected chi connectivity index (χ3v) is 2.73. The maximum Gasteiger partial charge on any atom is 0.225 e. The van der Waals surface area contributed by atoms with Crippen LogP contribution in [0.25, 0.3) is 0 Å². The Morgan fingerprint density at radius 1 is 1.67 bits per heavy atom. The molecule has 1 N–H and O–H groups in total. The third-order valence-electron chi connectivity index (χ3n) is 1.10. The predicted octanol–water partition coefficient (Wildman–Crippen LogP) is 1.85. The second kappa shape index (κ2) is 7.89. The Morgan fingerprint density at radius 3 is 2.83 bits per heavy atom. The average molecular weight is 223 g/mol. The van der Waals surface area contributed by atoms with Gasteiger partial charge in [0.2, 0.25) is 5.91 Å². The molecule has 70 valence electrons. The molecule has 0 unspecified atom stereocenters. The zero-order valence-electron chi connectivity index (χ0n) is 7.00. The first-order valence-electron chi connectivity index (χ1n) is 3.78. The highest BCUT2D eigenvalue weighted by molar-refractivity contribution is 8.23. The van der Waals surface area contributed by atoms with Crippen LogP contribution in [0.4, 0.5) is 0 Å². The summed E-state index contributed by atoms with van der Waals surface area (Å²) in [6.45, 7) is 1.80. The van der Waals surface area contributed by atoms with Crippen molar-refractivity contribution in [2.24, 2.45) is 0 Å². The van der Waals surface area contributed by atoms with Crippen molar-refractivity contribution in [3.8, 4) is 0 Å². The number of hydrogen-bond acceptors (Lipinski definition) is 4. The molecule has 0 aromatic rings. The molecule has 1 amide bonds. The fraction of sp³-hybridized carbons (Fsp3) is 0.714. The van der Waals surface area contributed by atoms with E-state index < -0.39 is 0 Å². The van der Waals surface area contributed by atoms with E-state index in [-0.39, 0.29) is 5.91 Å². The van der Waals surface area contributed by atoms with Crippen LogP contribution in [0, 0.1) is 0 Å². The molecule has 0 aliphatic heterocycles. The van der Waals surface area contributed by atoms with Crippen LogP contribution in [-0.4, -0.2) is 21.7 Å². The molecular formula is C7H13NOS3. The predicted molar refractivity (Wildman–Crippen MR) is 62.0 cm³/mol. The summed E-state index contributed by atoms with van der Waals surface area (Å²) in [6, 6.07) is 0. The zero-order valence-corrected chi connectivity index (χ0v) is 9.53. The van der Waals surface area contributed by atoms with Crippen LogP contribution in [-0.2, 0) is 4.79 Å². The Hall–Kier alpha value is 0.260. The highest BCUT2D eigenvalue weighted by atomic mass is 32.2. The maximum atomic E-state index is 10.8. The van der Waals surface area contributed by atoms with Crippen LogP contribution >= 0.6 is 36.6 Å². The van der Waals surface area contributed by atoms with Crippen molar-refractivity contribution in [3.05, 3.63) is 0 Å².